The fraction of sp³-hybridized carbons (Fsp3) is 0.348. The number of pyridine rings is 1. The van der Waals surface area contributed by atoms with E-state index >= 15 is 0 Å². The second-order valence-corrected chi connectivity index (χ2v) is 8.00. The molecule has 29 heavy (non-hydrogen) atoms. The van der Waals surface area contributed by atoms with Gasteiger partial charge in [-0.25, -0.2) is 13.2 Å². The van der Waals surface area contributed by atoms with Gasteiger partial charge in [-0.1, -0.05) is 12.1 Å². The van der Waals surface area contributed by atoms with Crippen LogP contribution < -0.4 is 10.1 Å². The Labute approximate surface area is 166 Å². The quantitative estimate of drug-likeness (QED) is 0.620. The van der Waals surface area contributed by atoms with E-state index in [0.29, 0.717) is 23.4 Å². The van der Waals surface area contributed by atoms with Crippen molar-refractivity contribution in [3.63, 3.8) is 0 Å². The molecule has 1 N–H and O–H groups in total. The minimum atomic E-state index is -2.55. The molecule has 3 aromatic rings. The zero-order valence-electron chi connectivity index (χ0n) is 15.7. The summed E-state index contributed by atoms with van der Waals surface area (Å²) in [6.45, 7) is 0.453. The number of hydrogen-bond donors (Lipinski definition) is 1. The summed E-state index contributed by atoms with van der Waals surface area (Å²) in [6.07, 6.45) is 5.10. The predicted molar refractivity (Wildman–Crippen MR) is 105 cm³/mol. The molecule has 1 aromatic heterocycles. The lowest BCUT2D eigenvalue weighted by molar-refractivity contribution is 0.0841. The van der Waals surface area contributed by atoms with Gasteiger partial charge in [-0.3, -0.25) is 4.98 Å². The lowest BCUT2D eigenvalue weighted by atomic mass is 9.89. The lowest BCUT2D eigenvalue weighted by Gasteiger charge is -2.36. The normalized spacial score (nSPS) is 24.9. The molecular weight excluding hydrogens is 377 g/mol. The number of rotatable bonds is 6. The summed E-state index contributed by atoms with van der Waals surface area (Å²) >= 11 is 0. The average molecular weight is 398 g/mol. The molecule has 6 heteroatoms. The maximum atomic E-state index is 14.3. The summed E-state index contributed by atoms with van der Waals surface area (Å²) in [4.78, 5) is 4.09. The van der Waals surface area contributed by atoms with Crippen LogP contribution in [-0.2, 0) is 6.54 Å². The first-order valence-electron chi connectivity index (χ1n) is 9.88. The maximum absolute atomic E-state index is 14.3. The van der Waals surface area contributed by atoms with Crippen molar-refractivity contribution in [3.05, 3.63) is 71.8 Å². The number of alkyl halides is 2. The van der Waals surface area contributed by atoms with Gasteiger partial charge in [0.2, 0.25) is 0 Å². The van der Waals surface area contributed by atoms with E-state index < -0.39 is 11.8 Å². The van der Waals surface area contributed by atoms with Crippen molar-refractivity contribution in [3.8, 4) is 5.75 Å². The van der Waals surface area contributed by atoms with E-state index in [9.17, 15) is 13.2 Å². The molecule has 0 spiro atoms. The van der Waals surface area contributed by atoms with Crippen molar-refractivity contribution < 1.29 is 17.9 Å². The summed E-state index contributed by atoms with van der Waals surface area (Å²) in [5.74, 6) is -2.70. The molecule has 5 rings (SSSR count). The van der Waals surface area contributed by atoms with Gasteiger partial charge in [0.15, 0.2) is 0 Å². The Morgan fingerprint density at radius 2 is 1.83 bits per heavy atom. The van der Waals surface area contributed by atoms with E-state index in [-0.39, 0.29) is 24.4 Å². The molecule has 2 fully saturated rings. The minimum Gasteiger partial charge on any atom is -0.490 e. The monoisotopic (exact) mass is 398 g/mol. The fourth-order valence-electron chi connectivity index (χ4n) is 4.01. The summed E-state index contributed by atoms with van der Waals surface area (Å²) in [5.41, 5.74) is 1.32. The Kier molecular flexibility index (Phi) is 4.46. The highest BCUT2D eigenvalue weighted by molar-refractivity contribution is 5.84. The van der Waals surface area contributed by atoms with Gasteiger partial charge in [0.05, 0.1) is 5.92 Å². The molecule has 2 aliphatic rings. The van der Waals surface area contributed by atoms with Crippen molar-refractivity contribution in [2.45, 2.75) is 49.8 Å². The van der Waals surface area contributed by atoms with Gasteiger partial charge in [0, 0.05) is 42.4 Å². The van der Waals surface area contributed by atoms with Gasteiger partial charge in [-0.15, -0.1) is 0 Å². The topological polar surface area (TPSA) is 34.2 Å². The molecule has 1 heterocycles. The highest BCUT2D eigenvalue weighted by atomic mass is 19.3. The highest BCUT2D eigenvalue weighted by Crippen LogP contribution is 2.55. The molecule has 2 aliphatic carbocycles. The van der Waals surface area contributed by atoms with Gasteiger partial charge in [0.1, 0.15) is 17.7 Å². The molecule has 0 aliphatic heterocycles. The first-order valence-corrected chi connectivity index (χ1v) is 9.88. The van der Waals surface area contributed by atoms with Crippen LogP contribution in [0.1, 0.15) is 36.3 Å². The second kappa shape index (κ2) is 7.02. The first-order chi connectivity index (χ1) is 14.0. The predicted octanol–water partition coefficient (Wildman–Crippen LogP) is 5.20. The molecule has 2 saturated carbocycles. The van der Waals surface area contributed by atoms with Crippen LogP contribution in [-0.4, -0.2) is 23.1 Å². The van der Waals surface area contributed by atoms with Crippen molar-refractivity contribution in [1.82, 2.24) is 10.3 Å². The van der Waals surface area contributed by atoms with E-state index in [0.717, 1.165) is 23.6 Å². The largest absolute Gasteiger partial charge is 0.490 e. The third-order valence-electron chi connectivity index (χ3n) is 5.95. The standard InChI is InChI=1S/C23H21F3N2O/c24-22-6-3-15-12-27-8-7-19(15)20(22)13-28-16-9-18(10-16)29-17-4-1-14(2-5-17)21-11-23(21,25)26/h1-8,12,16,18,21,28H,9-11,13H2. The van der Waals surface area contributed by atoms with Crippen molar-refractivity contribution >= 4 is 10.8 Å². The van der Waals surface area contributed by atoms with Crippen LogP contribution in [0.3, 0.4) is 0 Å². The van der Waals surface area contributed by atoms with E-state index in [1.54, 1.807) is 42.7 Å². The zero-order valence-corrected chi connectivity index (χ0v) is 15.7. The number of aromatic nitrogens is 1. The molecule has 150 valence electrons. The third-order valence-corrected chi connectivity index (χ3v) is 5.95. The number of nitrogens with zero attached hydrogens (tertiary/aromatic N) is 1. The summed E-state index contributed by atoms with van der Waals surface area (Å²) < 4.78 is 46.5. The summed E-state index contributed by atoms with van der Waals surface area (Å²) in [7, 11) is 0. The van der Waals surface area contributed by atoms with Gasteiger partial charge >= 0.3 is 0 Å². The smallest absolute Gasteiger partial charge is 0.255 e. The van der Waals surface area contributed by atoms with Gasteiger partial charge in [-0.2, -0.15) is 0 Å². The Balaban J connectivity index is 1.13. The Hall–Kier alpha value is -2.60. The number of benzene rings is 2. The number of ether oxygens (including phenoxy) is 1. The number of fused-ring (bicyclic) bond motifs is 1. The molecule has 0 radical (unpaired) electrons. The molecule has 3 nitrogen and oxygen atoms in total. The Morgan fingerprint density at radius 3 is 2.55 bits per heavy atom. The number of nitrogens with one attached hydrogen (secondary N) is 1. The van der Waals surface area contributed by atoms with Crippen LogP contribution in [0, 0.1) is 5.82 Å². The van der Waals surface area contributed by atoms with Crippen LogP contribution in [0.25, 0.3) is 10.8 Å². The molecule has 1 atom stereocenters. The van der Waals surface area contributed by atoms with Crippen LogP contribution in [0.15, 0.2) is 54.9 Å². The third kappa shape index (κ3) is 3.69. The minimum absolute atomic E-state index is 0.0585. The van der Waals surface area contributed by atoms with Crippen molar-refractivity contribution in [2.75, 3.05) is 0 Å². The Morgan fingerprint density at radius 1 is 1.07 bits per heavy atom. The number of hydrogen-bond acceptors (Lipinski definition) is 3. The molecule has 0 saturated heterocycles. The van der Waals surface area contributed by atoms with Crippen LogP contribution in [0.5, 0.6) is 5.75 Å². The zero-order chi connectivity index (χ0) is 20.0. The maximum Gasteiger partial charge on any atom is 0.255 e. The fourth-order valence-corrected chi connectivity index (χ4v) is 4.01. The first kappa shape index (κ1) is 18.4. The lowest BCUT2D eigenvalue weighted by Crippen LogP contribution is -2.46. The van der Waals surface area contributed by atoms with Gasteiger partial charge < -0.3 is 10.1 Å². The Bertz CT molecular complexity index is 1030. The molecule has 0 amide bonds. The van der Waals surface area contributed by atoms with E-state index in [4.69, 9.17) is 4.74 Å². The van der Waals surface area contributed by atoms with Crippen LogP contribution in [0.4, 0.5) is 13.2 Å². The average Bonchev–Trinajstić information content (AvgIpc) is 3.33. The highest BCUT2D eigenvalue weighted by Gasteiger charge is 2.57. The molecule has 0 bridgehead atoms. The van der Waals surface area contributed by atoms with Crippen LogP contribution in [0.2, 0.25) is 0 Å². The van der Waals surface area contributed by atoms with E-state index in [1.807, 2.05) is 6.07 Å². The van der Waals surface area contributed by atoms with Gasteiger partial charge in [0.25, 0.3) is 5.92 Å². The van der Waals surface area contributed by atoms with Crippen molar-refractivity contribution in [1.29, 1.82) is 0 Å². The molecule has 2 aromatic carbocycles. The molecule has 1 unspecified atom stereocenters. The van der Waals surface area contributed by atoms with Crippen LogP contribution >= 0.6 is 0 Å². The van der Waals surface area contributed by atoms with E-state index in [2.05, 4.69) is 10.3 Å². The van der Waals surface area contributed by atoms with E-state index in [1.165, 1.54) is 6.07 Å². The SMILES string of the molecule is Fc1ccc2cnccc2c1CNC1CC(Oc2ccc(C3CC3(F)F)cc2)C1. The molecular formula is C23H21F3N2O. The number of halogens is 3. The summed E-state index contributed by atoms with van der Waals surface area (Å²) in [6, 6.07) is 12.3. The summed E-state index contributed by atoms with van der Waals surface area (Å²) in [5, 5.41) is 5.20. The van der Waals surface area contributed by atoms with Gasteiger partial charge in [-0.05, 0) is 54.1 Å². The second-order valence-electron chi connectivity index (χ2n) is 8.00. The van der Waals surface area contributed by atoms with Crippen molar-refractivity contribution in [2.24, 2.45) is 0 Å².